The Morgan fingerprint density at radius 1 is 1.44 bits per heavy atom. The van der Waals surface area contributed by atoms with E-state index in [4.69, 9.17) is 11.6 Å². The highest BCUT2D eigenvalue weighted by Gasteiger charge is 2.06. The Bertz CT molecular complexity index is 459. The molecule has 0 saturated carbocycles. The van der Waals surface area contributed by atoms with Gasteiger partial charge in [0.15, 0.2) is 0 Å². The molecule has 0 amide bonds. The lowest BCUT2D eigenvalue weighted by atomic mass is 10.2. The minimum absolute atomic E-state index is 0.0906. The van der Waals surface area contributed by atoms with Gasteiger partial charge >= 0.3 is 0 Å². The quantitative estimate of drug-likeness (QED) is 0.761. The number of aryl methyl sites for hydroxylation is 3. The second-order valence-corrected chi connectivity index (χ2v) is 4.45. The highest BCUT2D eigenvalue weighted by atomic mass is 35.5. The van der Waals surface area contributed by atoms with Crippen molar-refractivity contribution >= 4 is 11.6 Å². The van der Waals surface area contributed by atoms with Gasteiger partial charge in [0, 0.05) is 26.0 Å². The predicted molar refractivity (Wildman–Crippen MR) is 61.2 cm³/mol. The van der Waals surface area contributed by atoms with Crippen molar-refractivity contribution in [3.8, 4) is 0 Å². The molecule has 16 heavy (non-hydrogen) atoms. The fourth-order valence-corrected chi connectivity index (χ4v) is 1.55. The Morgan fingerprint density at radius 3 is 2.81 bits per heavy atom. The molecule has 2 heterocycles. The third kappa shape index (κ3) is 2.61. The van der Waals surface area contributed by atoms with E-state index in [0.29, 0.717) is 0 Å². The molecule has 5 nitrogen and oxygen atoms in total. The monoisotopic (exact) mass is 239 g/mol. The maximum absolute atomic E-state index is 5.91. The van der Waals surface area contributed by atoms with E-state index in [9.17, 15) is 0 Å². The molecule has 2 aromatic heterocycles. The molecule has 1 atom stereocenters. The van der Waals surface area contributed by atoms with Crippen molar-refractivity contribution < 1.29 is 0 Å². The highest BCUT2D eigenvalue weighted by Crippen LogP contribution is 2.15. The molecule has 0 aliphatic carbocycles. The maximum atomic E-state index is 5.91. The van der Waals surface area contributed by atoms with E-state index in [0.717, 1.165) is 18.7 Å². The highest BCUT2D eigenvalue weighted by molar-refractivity contribution is 6.20. The van der Waals surface area contributed by atoms with Gasteiger partial charge in [0.2, 0.25) is 0 Å². The van der Waals surface area contributed by atoms with E-state index in [2.05, 4.69) is 15.4 Å². The van der Waals surface area contributed by atoms with Crippen LogP contribution in [-0.2, 0) is 20.0 Å². The van der Waals surface area contributed by atoms with Gasteiger partial charge in [-0.15, -0.1) is 16.7 Å². The van der Waals surface area contributed by atoms with Gasteiger partial charge in [-0.3, -0.25) is 9.36 Å². The Balaban J connectivity index is 1.94. The van der Waals surface area contributed by atoms with Gasteiger partial charge in [-0.25, -0.2) is 0 Å². The number of nitrogens with zero attached hydrogens (tertiary/aromatic N) is 5. The fourth-order valence-electron chi connectivity index (χ4n) is 1.45. The molecule has 0 aliphatic heterocycles. The van der Waals surface area contributed by atoms with E-state index in [1.807, 2.05) is 32.6 Å². The average molecular weight is 240 g/mol. The molecule has 2 aromatic rings. The lowest BCUT2D eigenvalue weighted by molar-refractivity contribution is 0.589. The number of alkyl halides is 1. The van der Waals surface area contributed by atoms with Gasteiger partial charge in [-0.05, 0) is 18.9 Å². The standard InChI is InChI=1S/C10H14ClN5/c1-8(11)10-7-16(14-13-10)4-3-9-5-12-15(2)6-9/h5-8H,3-4H2,1-2H3. The predicted octanol–water partition coefficient (Wildman–Crippen LogP) is 1.55. The van der Waals surface area contributed by atoms with Crippen LogP contribution in [0.4, 0.5) is 0 Å². The molecule has 1 unspecified atom stereocenters. The Hall–Kier alpha value is -1.36. The van der Waals surface area contributed by atoms with Gasteiger partial charge in [0.05, 0.1) is 11.6 Å². The number of rotatable bonds is 4. The molecule has 0 fully saturated rings. The van der Waals surface area contributed by atoms with Gasteiger partial charge in [-0.1, -0.05) is 5.21 Å². The fraction of sp³-hybridized carbons (Fsp3) is 0.500. The average Bonchev–Trinajstić information content (AvgIpc) is 2.83. The van der Waals surface area contributed by atoms with E-state index < -0.39 is 0 Å². The summed E-state index contributed by atoms with van der Waals surface area (Å²) in [5, 5.41) is 12.0. The lowest BCUT2D eigenvalue weighted by Crippen LogP contribution is -2.01. The number of aromatic nitrogens is 5. The number of hydrogen-bond acceptors (Lipinski definition) is 3. The van der Waals surface area contributed by atoms with Crippen LogP contribution in [0.1, 0.15) is 23.6 Å². The van der Waals surface area contributed by atoms with Crippen molar-refractivity contribution in [2.45, 2.75) is 25.3 Å². The van der Waals surface area contributed by atoms with Gasteiger partial charge in [-0.2, -0.15) is 5.10 Å². The summed E-state index contributed by atoms with van der Waals surface area (Å²) in [6.07, 6.45) is 6.64. The SMILES string of the molecule is CC(Cl)c1cn(CCc2cnn(C)c2)nn1. The van der Waals surface area contributed by atoms with E-state index in [1.54, 1.807) is 9.36 Å². The summed E-state index contributed by atoms with van der Waals surface area (Å²) in [6, 6.07) is 0. The summed E-state index contributed by atoms with van der Waals surface area (Å²) in [5.41, 5.74) is 2.01. The zero-order chi connectivity index (χ0) is 11.5. The molecule has 0 aliphatic rings. The van der Waals surface area contributed by atoms with Crippen LogP contribution in [0, 0.1) is 0 Å². The first-order chi connectivity index (χ1) is 7.65. The second kappa shape index (κ2) is 4.65. The molecule has 86 valence electrons. The van der Waals surface area contributed by atoms with E-state index in [1.165, 1.54) is 5.56 Å². The zero-order valence-electron chi connectivity index (χ0n) is 9.34. The molecule has 6 heteroatoms. The van der Waals surface area contributed by atoms with Crippen LogP contribution in [0.3, 0.4) is 0 Å². The van der Waals surface area contributed by atoms with Crippen LogP contribution in [0.2, 0.25) is 0 Å². The molecule has 2 rings (SSSR count). The summed E-state index contributed by atoms with van der Waals surface area (Å²) >= 11 is 5.91. The van der Waals surface area contributed by atoms with Crippen LogP contribution in [0.25, 0.3) is 0 Å². The number of hydrogen-bond donors (Lipinski definition) is 0. The summed E-state index contributed by atoms with van der Waals surface area (Å²) in [5.74, 6) is 0. The van der Waals surface area contributed by atoms with Crippen molar-refractivity contribution in [3.05, 3.63) is 29.8 Å². The smallest absolute Gasteiger partial charge is 0.100 e. The molecule has 0 N–H and O–H groups in total. The molecule has 0 bridgehead atoms. The van der Waals surface area contributed by atoms with Crippen LogP contribution >= 0.6 is 11.6 Å². The third-order valence-electron chi connectivity index (χ3n) is 2.35. The molecule has 0 aromatic carbocycles. The second-order valence-electron chi connectivity index (χ2n) is 3.79. The van der Waals surface area contributed by atoms with Crippen molar-refractivity contribution in [1.82, 2.24) is 24.8 Å². The Morgan fingerprint density at radius 2 is 2.25 bits per heavy atom. The maximum Gasteiger partial charge on any atom is 0.100 e. The first kappa shape index (κ1) is 11.1. The lowest BCUT2D eigenvalue weighted by Gasteiger charge is -1.97. The first-order valence-corrected chi connectivity index (χ1v) is 5.60. The van der Waals surface area contributed by atoms with Crippen LogP contribution in [-0.4, -0.2) is 24.8 Å². The summed E-state index contributed by atoms with van der Waals surface area (Å²) in [6.45, 7) is 2.68. The van der Waals surface area contributed by atoms with Gasteiger partial charge in [0.25, 0.3) is 0 Å². The van der Waals surface area contributed by atoms with Crippen molar-refractivity contribution in [1.29, 1.82) is 0 Å². The van der Waals surface area contributed by atoms with Crippen molar-refractivity contribution in [2.75, 3.05) is 0 Å². The molecule has 0 saturated heterocycles. The molecule has 0 radical (unpaired) electrons. The molecule has 0 spiro atoms. The van der Waals surface area contributed by atoms with Gasteiger partial charge < -0.3 is 0 Å². The van der Waals surface area contributed by atoms with Crippen LogP contribution in [0.15, 0.2) is 18.6 Å². The van der Waals surface area contributed by atoms with Crippen LogP contribution < -0.4 is 0 Å². The first-order valence-electron chi connectivity index (χ1n) is 5.17. The zero-order valence-corrected chi connectivity index (χ0v) is 10.1. The minimum atomic E-state index is -0.0906. The largest absolute Gasteiger partial charge is 0.276 e. The van der Waals surface area contributed by atoms with E-state index in [-0.39, 0.29) is 5.38 Å². The summed E-state index contributed by atoms with van der Waals surface area (Å²) in [7, 11) is 1.91. The normalized spacial score (nSPS) is 12.9. The summed E-state index contributed by atoms with van der Waals surface area (Å²) in [4.78, 5) is 0. The number of halogens is 1. The van der Waals surface area contributed by atoms with Crippen molar-refractivity contribution in [3.63, 3.8) is 0 Å². The topological polar surface area (TPSA) is 48.5 Å². The van der Waals surface area contributed by atoms with Crippen LogP contribution in [0.5, 0.6) is 0 Å². The minimum Gasteiger partial charge on any atom is -0.276 e. The Labute approximate surface area is 99.0 Å². The van der Waals surface area contributed by atoms with E-state index >= 15 is 0 Å². The summed E-state index contributed by atoms with van der Waals surface area (Å²) < 4.78 is 3.60. The third-order valence-corrected chi connectivity index (χ3v) is 2.58. The molecular weight excluding hydrogens is 226 g/mol. The Kier molecular flexibility index (Phi) is 3.24. The molecular formula is C10H14ClN5. The van der Waals surface area contributed by atoms with Gasteiger partial charge in [0.1, 0.15) is 5.69 Å². The van der Waals surface area contributed by atoms with Crippen molar-refractivity contribution in [2.24, 2.45) is 7.05 Å².